The third-order valence-electron chi connectivity index (χ3n) is 5.13. The van der Waals surface area contributed by atoms with Gasteiger partial charge in [-0.25, -0.2) is 15.0 Å². The second-order valence-electron chi connectivity index (χ2n) is 9.25. The van der Waals surface area contributed by atoms with Gasteiger partial charge in [-0.05, 0) is 39.2 Å². The van der Waals surface area contributed by atoms with Gasteiger partial charge in [-0.3, -0.25) is 9.59 Å². The molecule has 0 aliphatic carbocycles. The molecule has 1 unspecified atom stereocenters. The van der Waals surface area contributed by atoms with Crippen LogP contribution in [-0.2, 0) is 19.1 Å². The van der Waals surface area contributed by atoms with E-state index in [0.717, 1.165) is 0 Å². The lowest BCUT2D eigenvalue weighted by Crippen LogP contribution is -2.42. The Morgan fingerprint density at radius 3 is 2.35 bits per heavy atom. The summed E-state index contributed by atoms with van der Waals surface area (Å²) in [5.74, 6) is -1.73. The molecule has 1 fully saturated rings. The number of hydrazone groups is 1. The summed E-state index contributed by atoms with van der Waals surface area (Å²) >= 11 is 0. The molecule has 2 N–H and O–H groups in total. The molecular weight excluding hydrogens is 442 g/mol. The van der Waals surface area contributed by atoms with Crippen LogP contribution >= 0.6 is 0 Å². The summed E-state index contributed by atoms with van der Waals surface area (Å²) in [5.41, 5.74) is 2.83. The van der Waals surface area contributed by atoms with Crippen LogP contribution in [0.15, 0.2) is 29.4 Å². The Hall–Kier alpha value is -3.27. The number of piperidine rings is 1. The molecule has 1 aliphatic rings. The average Bonchev–Trinajstić information content (AvgIpc) is 2.76. The van der Waals surface area contributed by atoms with Gasteiger partial charge < -0.3 is 19.5 Å². The number of ketones is 1. The van der Waals surface area contributed by atoms with Gasteiger partial charge in [-0.15, -0.1) is 0 Å². The number of carboxylic acids is 1. The number of likely N-dealkylation sites (tertiary alicyclic amines) is 1. The van der Waals surface area contributed by atoms with Gasteiger partial charge in [0.25, 0.3) is 0 Å². The Morgan fingerprint density at radius 1 is 1.18 bits per heavy atom. The average molecular weight is 476 g/mol. The van der Waals surface area contributed by atoms with Crippen molar-refractivity contribution >= 4 is 30.0 Å². The number of aliphatic carboxylic acids is 1. The molecule has 1 aliphatic heterocycles. The van der Waals surface area contributed by atoms with Crippen LogP contribution in [0.4, 0.5) is 4.79 Å². The first-order valence-electron chi connectivity index (χ1n) is 11.2. The number of carbonyl (C=O) groups is 4. The van der Waals surface area contributed by atoms with E-state index in [1.165, 1.54) is 6.21 Å². The maximum absolute atomic E-state index is 12.8. The predicted octanol–water partition coefficient (Wildman–Crippen LogP) is 2.85. The number of ether oxygens (including phenoxy) is 2. The number of Topliss-reactive ketones (excluding diaryl/α,β-unsaturated/α-hetero) is 1. The molecule has 10 nitrogen and oxygen atoms in total. The number of hydrogen-bond donors (Lipinski definition) is 2. The molecule has 1 aromatic rings. The lowest BCUT2D eigenvalue weighted by molar-refractivity contribution is -0.147. The minimum Gasteiger partial charge on any atom is -0.480 e. The van der Waals surface area contributed by atoms with Crippen LogP contribution in [0, 0.1) is 5.92 Å². The fraction of sp³-hybridized carbons (Fsp3) is 0.542. The highest BCUT2D eigenvalue weighted by Gasteiger charge is 2.26. The lowest BCUT2D eigenvalue weighted by Gasteiger charge is -2.32. The van der Waals surface area contributed by atoms with E-state index in [1.54, 1.807) is 56.9 Å². The van der Waals surface area contributed by atoms with Crippen molar-refractivity contribution in [1.29, 1.82) is 0 Å². The molecule has 1 saturated heterocycles. The molecule has 0 radical (unpaired) electrons. The zero-order chi connectivity index (χ0) is 25.3. The van der Waals surface area contributed by atoms with Gasteiger partial charge in [-0.2, -0.15) is 5.10 Å². The maximum Gasteiger partial charge on any atom is 0.428 e. The number of nitrogens with zero attached hydrogens (tertiary/aromatic N) is 2. The second kappa shape index (κ2) is 12.3. The summed E-state index contributed by atoms with van der Waals surface area (Å²) in [7, 11) is 0. The SMILES string of the molecule is CC(CC(=O)N1CCC(OCC(=O)O)CC1)C(=O)c1ccc(C=NNC(=O)OC(C)(C)C)cc1. The molecule has 1 atom stereocenters. The smallest absolute Gasteiger partial charge is 0.428 e. The standard InChI is InChI=1S/C24H33N3O7/c1-16(13-20(28)27-11-9-19(10-12-27)33-15-21(29)30)22(31)18-7-5-17(6-8-18)14-25-26-23(32)34-24(2,3)4/h5-8,14,16,19H,9-13,15H2,1-4H3,(H,26,32)(H,29,30). The van der Waals surface area contributed by atoms with E-state index in [-0.39, 0.29) is 30.8 Å². The Labute approximate surface area is 199 Å². The normalized spacial score (nSPS) is 15.7. The summed E-state index contributed by atoms with van der Waals surface area (Å²) in [6, 6.07) is 6.71. The quantitative estimate of drug-likeness (QED) is 0.318. The van der Waals surface area contributed by atoms with Crippen LogP contribution in [0.5, 0.6) is 0 Å². The van der Waals surface area contributed by atoms with E-state index in [1.807, 2.05) is 0 Å². The summed E-state index contributed by atoms with van der Waals surface area (Å²) in [5, 5.41) is 12.5. The van der Waals surface area contributed by atoms with Crippen LogP contribution < -0.4 is 5.43 Å². The number of amides is 2. The molecule has 186 valence electrons. The van der Waals surface area contributed by atoms with Crippen molar-refractivity contribution in [3.05, 3.63) is 35.4 Å². The van der Waals surface area contributed by atoms with Gasteiger partial charge in [0, 0.05) is 31.0 Å². The monoisotopic (exact) mass is 475 g/mol. The summed E-state index contributed by atoms with van der Waals surface area (Å²) in [4.78, 5) is 49.3. The number of nitrogens with one attached hydrogen (secondary N) is 1. The molecule has 2 rings (SSSR count). The lowest BCUT2D eigenvalue weighted by atomic mass is 9.95. The van der Waals surface area contributed by atoms with Crippen LogP contribution in [-0.4, -0.2) is 71.4 Å². The summed E-state index contributed by atoms with van der Waals surface area (Å²) in [6.45, 7) is 7.61. The van der Waals surface area contributed by atoms with Gasteiger partial charge in [0.2, 0.25) is 5.91 Å². The second-order valence-corrected chi connectivity index (χ2v) is 9.25. The van der Waals surface area contributed by atoms with Gasteiger partial charge >= 0.3 is 12.1 Å². The topological polar surface area (TPSA) is 135 Å². The highest BCUT2D eigenvalue weighted by molar-refractivity contribution is 6.00. The van der Waals surface area contributed by atoms with Crippen molar-refractivity contribution in [2.24, 2.45) is 11.0 Å². The molecule has 0 spiro atoms. The molecule has 2 amide bonds. The molecule has 0 bridgehead atoms. The van der Waals surface area contributed by atoms with E-state index in [2.05, 4.69) is 10.5 Å². The van der Waals surface area contributed by atoms with Gasteiger partial charge in [0.15, 0.2) is 5.78 Å². The number of benzene rings is 1. The van der Waals surface area contributed by atoms with Crippen LogP contribution in [0.3, 0.4) is 0 Å². The van der Waals surface area contributed by atoms with Crippen molar-refractivity contribution in [3.63, 3.8) is 0 Å². The third kappa shape index (κ3) is 9.30. The zero-order valence-corrected chi connectivity index (χ0v) is 20.1. The Bertz CT molecular complexity index is 898. The molecule has 34 heavy (non-hydrogen) atoms. The van der Waals surface area contributed by atoms with Crippen molar-refractivity contribution in [3.8, 4) is 0 Å². The summed E-state index contributed by atoms with van der Waals surface area (Å²) < 4.78 is 10.4. The first kappa shape index (κ1) is 27.0. The minimum absolute atomic E-state index is 0.0997. The first-order chi connectivity index (χ1) is 15.9. The van der Waals surface area contributed by atoms with Gasteiger partial charge in [0.1, 0.15) is 12.2 Å². The summed E-state index contributed by atoms with van der Waals surface area (Å²) in [6.07, 6.45) is 1.87. The molecule has 10 heteroatoms. The largest absolute Gasteiger partial charge is 0.480 e. The van der Waals surface area contributed by atoms with Crippen LogP contribution in [0.25, 0.3) is 0 Å². The molecule has 1 heterocycles. The van der Waals surface area contributed by atoms with E-state index >= 15 is 0 Å². The highest BCUT2D eigenvalue weighted by Crippen LogP contribution is 2.18. The number of rotatable bonds is 9. The predicted molar refractivity (Wildman–Crippen MR) is 125 cm³/mol. The fourth-order valence-corrected chi connectivity index (χ4v) is 3.42. The van der Waals surface area contributed by atoms with Crippen LogP contribution in [0.2, 0.25) is 0 Å². The Kier molecular flexibility index (Phi) is 9.73. The van der Waals surface area contributed by atoms with E-state index in [4.69, 9.17) is 14.6 Å². The van der Waals surface area contributed by atoms with Crippen molar-refractivity contribution in [2.75, 3.05) is 19.7 Å². The van der Waals surface area contributed by atoms with Crippen LogP contribution in [0.1, 0.15) is 62.9 Å². The minimum atomic E-state index is -1.01. The third-order valence-corrected chi connectivity index (χ3v) is 5.13. The van der Waals surface area contributed by atoms with Gasteiger partial charge in [0.05, 0.1) is 12.3 Å². The molecular formula is C24H33N3O7. The van der Waals surface area contributed by atoms with Crippen molar-refractivity contribution < 1.29 is 33.8 Å². The van der Waals surface area contributed by atoms with Crippen molar-refractivity contribution in [1.82, 2.24) is 10.3 Å². The first-order valence-corrected chi connectivity index (χ1v) is 11.2. The van der Waals surface area contributed by atoms with Crippen molar-refractivity contribution in [2.45, 2.75) is 58.7 Å². The number of hydrogen-bond acceptors (Lipinski definition) is 7. The van der Waals surface area contributed by atoms with E-state index in [0.29, 0.717) is 37.1 Å². The zero-order valence-electron chi connectivity index (χ0n) is 20.1. The van der Waals surface area contributed by atoms with E-state index in [9.17, 15) is 19.2 Å². The number of carbonyl (C=O) groups excluding carboxylic acids is 3. The Morgan fingerprint density at radius 2 is 1.79 bits per heavy atom. The van der Waals surface area contributed by atoms with E-state index < -0.39 is 23.6 Å². The molecule has 0 aromatic heterocycles. The maximum atomic E-state index is 12.8. The van der Waals surface area contributed by atoms with Gasteiger partial charge in [-0.1, -0.05) is 31.2 Å². The number of carboxylic acid groups (broad SMARTS) is 1. The molecule has 1 aromatic carbocycles. The highest BCUT2D eigenvalue weighted by atomic mass is 16.6. The Balaban J connectivity index is 1.81. The fourth-order valence-electron chi connectivity index (χ4n) is 3.42. The molecule has 0 saturated carbocycles.